The topological polar surface area (TPSA) is 105 Å². The molecule has 0 unspecified atom stereocenters. The SMILES string of the molecule is CN(C)C(=O)N1CC[C@H](C(=O)Nc2ccc(-c3ccc(-c4cnc([C@@H]5CCCN5C(=O)N(C)C)[nH]4)cc3)cc2)C1. The number of amides is 5. The van der Waals surface area contributed by atoms with E-state index < -0.39 is 0 Å². The molecule has 40 heavy (non-hydrogen) atoms. The number of carbonyl (C=O) groups is 3. The molecule has 2 saturated heterocycles. The van der Waals surface area contributed by atoms with Crippen LogP contribution in [0.3, 0.4) is 0 Å². The van der Waals surface area contributed by atoms with Crippen LogP contribution in [0.4, 0.5) is 15.3 Å². The van der Waals surface area contributed by atoms with Crippen LogP contribution >= 0.6 is 0 Å². The second kappa shape index (κ2) is 11.4. The number of hydrogen-bond donors (Lipinski definition) is 2. The monoisotopic (exact) mass is 543 g/mol. The van der Waals surface area contributed by atoms with Gasteiger partial charge in [0.2, 0.25) is 5.91 Å². The van der Waals surface area contributed by atoms with Gasteiger partial charge in [0.15, 0.2) is 0 Å². The van der Waals surface area contributed by atoms with Gasteiger partial charge in [-0.25, -0.2) is 14.6 Å². The molecule has 2 N–H and O–H groups in total. The number of nitrogens with one attached hydrogen (secondary N) is 2. The largest absolute Gasteiger partial charge is 0.340 e. The predicted molar refractivity (Wildman–Crippen MR) is 155 cm³/mol. The van der Waals surface area contributed by atoms with Crippen LogP contribution in [0.15, 0.2) is 54.7 Å². The van der Waals surface area contributed by atoms with E-state index in [1.54, 1.807) is 38.0 Å². The van der Waals surface area contributed by atoms with Gasteiger partial charge in [0, 0.05) is 53.5 Å². The van der Waals surface area contributed by atoms with Gasteiger partial charge >= 0.3 is 12.1 Å². The molecule has 2 fully saturated rings. The van der Waals surface area contributed by atoms with Crippen molar-refractivity contribution in [3.05, 3.63) is 60.6 Å². The Bertz CT molecular complexity index is 1360. The minimum absolute atomic E-state index is 0.0112. The molecule has 2 aromatic carbocycles. The third kappa shape index (κ3) is 5.66. The molecule has 10 heteroatoms. The predicted octanol–water partition coefficient (Wildman–Crippen LogP) is 4.50. The first kappa shape index (κ1) is 27.2. The Kier molecular flexibility index (Phi) is 7.77. The number of hydrogen-bond acceptors (Lipinski definition) is 4. The van der Waals surface area contributed by atoms with Crippen molar-refractivity contribution in [2.45, 2.75) is 25.3 Å². The van der Waals surface area contributed by atoms with E-state index in [9.17, 15) is 14.4 Å². The van der Waals surface area contributed by atoms with Gasteiger partial charge in [-0.1, -0.05) is 36.4 Å². The van der Waals surface area contributed by atoms with E-state index in [-0.39, 0.29) is 29.9 Å². The van der Waals surface area contributed by atoms with Crippen LogP contribution < -0.4 is 5.32 Å². The summed E-state index contributed by atoms with van der Waals surface area (Å²) in [4.78, 5) is 52.2. The number of anilines is 1. The number of imidazole rings is 1. The van der Waals surface area contributed by atoms with Crippen LogP contribution in [0.2, 0.25) is 0 Å². The maximum Gasteiger partial charge on any atom is 0.320 e. The molecule has 10 nitrogen and oxygen atoms in total. The molecule has 3 heterocycles. The number of rotatable bonds is 5. The highest BCUT2D eigenvalue weighted by Crippen LogP contribution is 2.32. The third-order valence-corrected chi connectivity index (χ3v) is 7.69. The molecule has 0 spiro atoms. The number of aromatic amines is 1. The Labute approximate surface area is 235 Å². The number of aromatic nitrogens is 2. The van der Waals surface area contributed by atoms with Crippen LogP contribution in [0, 0.1) is 5.92 Å². The summed E-state index contributed by atoms with van der Waals surface area (Å²) in [6.07, 6.45) is 4.37. The lowest BCUT2D eigenvalue weighted by Crippen LogP contribution is -2.38. The lowest BCUT2D eigenvalue weighted by atomic mass is 10.0. The molecular weight excluding hydrogens is 506 g/mol. The smallest absolute Gasteiger partial charge is 0.320 e. The lowest BCUT2D eigenvalue weighted by molar-refractivity contribution is -0.119. The minimum Gasteiger partial charge on any atom is -0.340 e. The number of carbonyl (C=O) groups excluding carboxylic acids is 3. The Hall–Kier alpha value is -4.34. The molecular formula is C30H37N7O3. The zero-order chi connectivity index (χ0) is 28.4. The molecule has 0 aliphatic carbocycles. The Balaban J connectivity index is 1.20. The highest BCUT2D eigenvalue weighted by Gasteiger charge is 2.33. The fourth-order valence-corrected chi connectivity index (χ4v) is 5.45. The zero-order valence-corrected chi connectivity index (χ0v) is 23.6. The number of benzene rings is 2. The molecule has 1 aromatic heterocycles. The van der Waals surface area contributed by atoms with Crippen molar-refractivity contribution in [2.24, 2.45) is 5.92 Å². The number of H-pyrrole nitrogens is 1. The van der Waals surface area contributed by atoms with E-state index in [2.05, 4.69) is 39.6 Å². The summed E-state index contributed by atoms with van der Waals surface area (Å²) in [6, 6.07) is 16.0. The van der Waals surface area contributed by atoms with Crippen molar-refractivity contribution in [3.8, 4) is 22.4 Å². The summed E-state index contributed by atoms with van der Waals surface area (Å²) in [5.74, 6) is 0.556. The molecule has 2 atom stereocenters. The van der Waals surface area contributed by atoms with E-state index >= 15 is 0 Å². The maximum atomic E-state index is 12.8. The van der Waals surface area contributed by atoms with Crippen LogP contribution in [0.25, 0.3) is 22.4 Å². The van der Waals surface area contributed by atoms with Crippen molar-refractivity contribution in [1.29, 1.82) is 0 Å². The summed E-state index contributed by atoms with van der Waals surface area (Å²) in [5.41, 5.74) is 4.78. The van der Waals surface area contributed by atoms with E-state index in [1.807, 2.05) is 35.4 Å². The average Bonchev–Trinajstić information content (AvgIpc) is 3.73. The highest BCUT2D eigenvalue weighted by atomic mass is 16.2. The summed E-state index contributed by atoms with van der Waals surface area (Å²) >= 11 is 0. The molecule has 0 saturated carbocycles. The van der Waals surface area contributed by atoms with E-state index in [0.717, 1.165) is 53.3 Å². The first-order chi connectivity index (χ1) is 19.2. The Morgan fingerprint density at radius 3 is 2.12 bits per heavy atom. The van der Waals surface area contributed by atoms with Gasteiger partial charge in [-0.3, -0.25) is 4.79 Å². The van der Waals surface area contributed by atoms with Gasteiger partial charge in [0.05, 0.1) is 23.9 Å². The van der Waals surface area contributed by atoms with Gasteiger partial charge in [0.25, 0.3) is 0 Å². The quantitative estimate of drug-likeness (QED) is 0.494. The number of nitrogens with zero attached hydrogens (tertiary/aromatic N) is 5. The molecule has 2 aliphatic heterocycles. The van der Waals surface area contributed by atoms with Crippen molar-refractivity contribution in [2.75, 3.05) is 53.1 Å². The Morgan fingerprint density at radius 2 is 1.48 bits per heavy atom. The summed E-state index contributed by atoms with van der Waals surface area (Å²) in [5, 5.41) is 2.99. The standard InChI is InChI=1S/C30H37N7O3/c1-34(2)29(39)36-17-15-23(19-36)28(38)32-24-13-11-21(12-14-24)20-7-9-22(10-8-20)25-18-31-27(33-25)26-6-5-16-37(26)30(40)35(3)4/h7-14,18,23,26H,5-6,15-17,19H2,1-4H3,(H,31,33)(H,32,38)/t23-,26-/m0/s1. The molecule has 5 rings (SSSR count). The van der Waals surface area contributed by atoms with Crippen LogP contribution in [-0.2, 0) is 4.79 Å². The maximum absolute atomic E-state index is 12.8. The number of urea groups is 2. The molecule has 2 aliphatic rings. The molecule has 0 bridgehead atoms. The zero-order valence-electron chi connectivity index (χ0n) is 23.6. The van der Waals surface area contributed by atoms with Crippen LogP contribution in [0.1, 0.15) is 31.1 Å². The minimum atomic E-state index is -0.204. The third-order valence-electron chi connectivity index (χ3n) is 7.69. The fourth-order valence-electron chi connectivity index (χ4n) is 5.45. The van der Waals surface area contributed by atoms with Crippen molar-refractivity contribution in [3.63, 3.8) is 0 Å². The fraction of sp³-hybridized carbons (Fsp3) is 0.400. The van der Waals surface area contributed by atoms with Gasteiger partial charge in [-0.15, -0.1) is 0 Å². The molecule has 5 amide bonds. The van der Waals surface area contributed by atoms with Crippen LogP contribution in [0.5, 0.6) is 0 Å². The Morgan fingerprint density at radius 1 is 0.850 bits per heavy atom. The van der Waals surface area contributed by atoms with Gasteiger partial charge in [-0.2, -0.15) is 0 Å². The molecule has 3 aromatic rings. The summed E-state index contributed by atoms with van der Waals surface area (Å²) < 4.78 is 0. The summed E-state index contributed by atoms with van der Waals surface area (Å²) in [7, 11) is 6.99. The molecule has 0 radical (unpaired) electrons. The van der Waals surface area contributed by atoms with Gasteiger partial charge < -0.3 is 29.9 Å². The van der Waals surface area contributed by atoms with Gasteiger partial charge in [0.1, 0.15) is 5.82 Å². The normalized spacial score (nSPS) is 18.6. The van der Waals surface area contributed by atoms with E-state index in [0.29, 0.717) is 19.5 Å². The number of likely N-dealkylation sites (tertiary alicyclic amines) is 2. The van der Waals surface area contributed by atoms with E-state index in [1.165, 1.54) is 4.90 Å². The van der Waals surface area contributed by atoms with Crippen molar-refractivity contribution in [1.82, 2.24) is 29.6 Å². The van der Waals surface area contributed by atoms with Crippen LogP contribution in [-0.4, -0.2) is 95.4 Å². The van der Waals surface area contributed by atoms with E-state index in [4.69, 9.17) is 0 Å². The van der Waals surface area contributed by atoms with Crippen molar-refractivity contribution < 1.29 is 14.4 Å². The lowest BCUT2D eigenvalue weighted by Gasteiger charge is -2.26. The highest BCUT2D eigenvalue weighted by molar-refractivity contribution is 5.93. The van der Waals surface area contributed by atoms with Gasteiger partial charge in [-0.05, 0) is 48.1 Å². The second-order valence-electron chi connectivity index (χ2n) is 11.0. The van der Waals surface area contributed by atoms with Crippen molar-refractivity contribution >= 4 is 23.7 Å². The molecule has 210 valence electrons. The first-order valence-corrected chi connectivity index (χ1v) is 13.7. The summed E-state index contributed by atoms with van der Waals surface area (Å²) in [6.45, 7) is 1.78. The first-order valence-electron chi connectivity index (χ1n) is 13.7. The average molecular weight is 544 g/mol. The second-order valence-corrected chi connectivity index (χ2v) is 11.0.